The SMILES string of the molecule is COC(=O)C1(CCCOCCc2ccccc2)CO1. The van der Waals surface area contributed by atoms with Crippen LogP contribution in [0.3, 0.4) is 0 Å². The van der Waals surface area contributed by atoms with Crippen molar-refractivity contribution in [1.29, 1.82) is 0 Å². The summed E-state index contributed by atoms with van der Waals surface area (Å²) in [7, 11) is 1.39. The summed E-state index contributed by atoms with van der Waals surface area (Å²) >= 11 is 0. The van der Waals surface area contributed by atoms with Gasteiger partial charge in [-0.25, -0.2) is 4.79 Å². The van der Waals surface area contributed by atoms with Crippen LogP contribution >= 0.6 is 0 Å². The molecule has 1 aliphatic heterocycles. The first-order valence-corrected chi connectivity index (χ1v) is 6.61. The number of rotatable bonds is 8. The highest BCUT2D eigenvalue weighted by Gasteiger charge is 2.52. The van der Waals surface area contributed by atoms with Crippen molar-refractivity contribution in [3.05, 3.63) is 35.9 Å². The highest BCUT2D eigenvalue weighted by Crippen LogP contribution is 2.33. The van der Waals surface area contributed by atoms with Gasteiger partial charge in [-0.15, -0.1) is 0 Å². The first-order valence-electron chi connectivity index (χ1n) is 6.61. The van der Waals surface area contributed by atoms with Crippen LogP contribution in [-0.2, 0) is 25.4 Å². The van der Waals surface area contributed by atoms with Gasteiger partial charge < -0.3 is 14.2 Å². The maximum atomic E-state index is 11.4. The van der Waals surface area contributed by atoms with Crippen LogP contribution in [0.15, 0.2) is 30.3 Å². The summed E-state index contributed by atoms with van der Waals surface area (Å²) in [5, 5.41) is 0. The lowest BCUT2D eigenvalue weighted by molar-refractivity contribution is -0.147. The molecule has 0 N–H and O–H groups in total. The number of benzene rings is 1. The number of hydrogen-bond acceptors (Lipinski definition) is 4. The predicted octanol–water partition coefficient (Wildman–Crippen LogP) is 1.97. The maximum absolute atomic E-state index is 11.4. The third-order valence-electron chi connectivity index (χ3n) is 3.30. The molecule has 1 unspecified atom stereocenters. The largest absolute Gasteiger partial charge is 0.467 e. The average molecular weight is 264 g/mol. The van der Waals surface area contributed by atoms with Crippen LogP contribution in [0.2, 0.25) is 0 Å². The lowest BCUT2D eigenvalue weighted by atomic mass is 10.1. The normalized spacial score (nSPS) is 21.1. The van der Waals surface area contributed by atoms with E-state index in [1.54, 1.807) is 0 Å². The summed E-state index contributed by atoms with van der Waals surface area (Å²) in [5.74, 6) is -0.267. The zero-order valence-corrected chi connectivity index (χ0v) is 11.3. The van der Waals surface area contributed by atoms with Gasteiger partial charge in [-0.1, -0.05) is 30.3 Å². The highest BCUT2D eigenvalue weighted by molar-refractivity contribution is 5.82. The third-order valence-corrected chi connectivity index (χ3v) is 3.30. The summed E-state index contributed by atoms with van der Waals surface area (Å²) in [6.45, 7) is 1.83. The molecular formula is C15H20O4. The van der Waals surface area contributed by atoms with Gasteiger partial charge in [-0.3, -0.25) is 0 Å². The standard InChI is InChI=1S/C15H20O4/c1-17-14(16)15(12-19-15)9-5-10-18-11-8-13-6-3-2-4-7-13/h2-4,6-7H,5,8-12H2,1H3. The summed E-state index contributed by atoms with van der Waals surface area (Å²) in [5.41, 5.74) is 0.608. The monoisotopic (exact) mass is 264 g/mol. The Morgan fingerprint density at radius 1 is 1.32 bits per heavy atom. The van der Waals surface area contributed by atoms with E-state index in [9.17, 15) is 4.79 Å². The van der Waals surface area contributed by atoms with Crippen LogP contribution in [0, 0.1) is 0 Å². The van der Waals surface area contributed by atoms with Gasteiger partial charge in [0.1, 0.15) is 0 Å². The van der Waals surface area contributed by atoms with Crippen LogP contribution < -0.4 is 0 Å². The van der Waals surface area contributed by atoms with E-state index in [4.69, 9.17) is 14.2 Å². The van der Waals surface area contributed by atoms with E-state index in [0.29, 0.717) is 26.2 Å². The van der Waals surface area contributed by atoms with Gasteiger partial charge >= 0.3 is 5.97 Å². The van der Waals surface area contributed by atoms with Gasteiger partial charge in [0.05, 0.1) is 20.3 Å². The molecule has 0 saturated carbocycles. The highest BCUT2D eigenvalue weighted by atomic mass is 16.6. The van der Waals surface area contributed by atoms with Crippen LogP contribution in [0.5, 0.6) is 0 Å². The van der Waals surface area contributed by atoms with Gasteiger partial charge in [0.15, 0.2) is 5.60 Å². The molecule has 1 aliphatic rings. The van der Waals surface area contributed by atoms with Crippen LogP contribution in [-0.4, -0.2) is 38.5 Å². The first-order chi connectivity index (χ1) is 9.27. The van der Waals surface area contributed by atoms with Crippen molar-refractivity contribution in [2.24, 2.45) is 0 Å². The Hall–Kier alpha value is -1.39. The van der Waals surface area contributed by atoms with Gasteiger partial charge in [0, 0.05) is 6.61 Å². The summed E-state index contributed by atoms with van der Waals surface area (Å²) in [4.78, 5) is 11.4. The summed E-state index contributed by atoms with van der Waals surface area (Å²) in [6.07, 6.45) is 2.40. The molecule has 4 heteroatoms. The Kier molecular flexibility index (Phi) is 4.93. The lowest BCUT2D eigenvalue weighted by Gasteiger charge is -2.09. The molecule has 0 aliphatic carbocycles. The van der Waals surface area contributed by atoms with E-state index < -0.39 is 5.60 Å². The van der Waals surface area contributed by atoms with E-state index in [-0.39, 0.29) is 5.97 Å². The smallest absolute Gasteiger partial charge is 0.340 e. The fraction of sp³-hybridized carbons (Fsp3) is 0.533. The van der Waals surface area contributed by atoms with Crippen LogP contribution in [0.1, 0.15) is 18.4 Å². The lowest BCUT2D eigenvalue weighted by Crippen LogP contribution is -2.26. The molecule has 1 aromatic rings. The average Bonchev–Trinajstić information content (AvgIpc) is 3.24. The topological polar surface area (TPSA) is 48.1 Å². The molecule has 0 aromatic heterocycles. The Morgan fingerprint density at radius 3 is 2.68 bits per heavy atom. The van der Waals surface area contributed by atoms with E-state index >= 15 is 0 Å². The van der Waals surface area contributed by atoms with E-state index in [0.717, 1.165) is 12.8 Å². The van der Waals surface area contributed by atoms with Crippen molar-refractivity contribution in [2.75, 3.05) is 26.9 Å². The van der Waals surface area contributed by atoms with Gasteiger partial charge in [0.25, 0.3) is 0 Å². The van der Waals surface area contributed by atoms with Gasteiger partial charge in [-0.2, -0.15) is 0 Å². The zero-order valence-electron chi connectivity index (χ0n) is 11.3. The van der Waals surface area contributed by atoms with Crippen molar-refractivity contribution in [1.82, 2.24) is 0 Å². The second-order valence-corrected chi connectivity index (χ2v) is 4.73. The third kappa shape index (κ3) is 4.04. The Bertz CT molecular complexity index is 398. The molecule has 0 spiro atoms. The molecule has 1 fully saturated rings. The number of epoxide rings is 1. The number of carbonyl (C=O) groups excluding carboxylic acids is 1. The molecule has 0 amide bonds. The molecule has 0 bridgehead atoms. The Morgan fingerprint density at radius 2 is 2.05 bits per heavy atom. The van der Waals surface area contributed by atoms with Crippen molar-refractivity contribution < 1.29 is 19.0 Å². The molecule has 19 heavy (non-hydrogen) atoms. The van der Waals surface area contributed by atoms with Gasteiger partial charge in [-0.05, 0) is 24.8 Å². The van der Waals surface area contributed by atoms with Crippen molar-refractivity contribution in [2.45, 2.75) is 24.9 Å². The molecule has 104 valence electrons. The molecular weight excluding hydrogens is 244 g/mol. The Labute approximate surface area is 113 Å². The quantitative estimate of drug-likeness (QED) is 0.409. The fourth-order valence-corrected chi connectivity index (χ4v) is 2.03. The number of carbonyl (C=O) groups is 1. The molecule has 1 heterocycles. The minimum atomic E-state index is -0.669. The minimum Gasteiger partial charge on any atom is -0.467 e. The first kappa shape index (κ1) is 14.0. The molecule has 0 radical (unpaired) electrons. The van der Waals surface area contributed by atoms with E-state index in [1.165, 1.54) is 12.7 Å². The summed E-state index contributed by atoms with van der Waals surface area (Å²) < 4.78 is 15.5. The zero-order chi connectivity index (χ0) is 13.6. The van der Waals surface area contributed by atoms with Crippen molar-refractivity contribution in [3.8, 4) is 0 Å². The van der Waals surface area contributed by atoms with E-state index in [1.807, 2.05) is 18.2 Å². The number of methoxy groups -OCH3 is 1. The van der Waals surface area contributed by atoms with E-state index in [2.05, 4.69) is 12.1 Å². The number of ether oxygens (including phenoxy) is 3. The predicted molar refractivity (Wildman–Crippen MR) is 70.9 cm³/mol. The minimum absolute atomic E-state index is 0.267. The second-order valence-electron chi connectivity index (χ2n) is 4.73. The summed E-state index contributed by atoms with van der Waals surface area (Å²) in [6, 6.07) is 10.2. The maximum Gasteiger partial charge on any atom is 0.340 e. The van der Waals surface area contributed by atoms with Crippen LogP contribution in [0.4, 0.5) is 0 Å². The molecule has 1 saturated heterocycles. The second kappa shape index (κ2) is 6.68. The van der Waals surface area contributed by atoms with Crippen molar-refractivity contribution in [3.63, 3.8) is 0 Å². The molecule has 1 atom stereocenters. The van der Waals surface area contributed by atoms with Gasteiger partial charge in [0.2, 0.25) is 0 Å². The number of hydrogen-bond donors (Lipinski definition) is 0. The molecule has 1 aromatic carbocycles. The fourth-order valence-electron chi connectivity index (χ4n) is 2.03. The van der Waals surface area contributed by atoms with Crippen molar-refractivity contribution >= 4 is 5.97 Å². The number of esters is 1. The Balaban J connectivity index is 1.55. The molecule has 4 nitrogen and oxygen atoms in total. The molecule has 2 rings (SSSR count). The van der Waals surface area contributed by atoms with Crippen LogP contribution in [0.25, 0.3) is 0 Å².